The van der Waals surface area contributed by atoms with Crippen LogP contribution in [0.25, 0.3) is 11.0 Å². The number of benzene rings is 3. The molecule has 0 saturated heterocycles. The van der Waals surface area contributed by atoms with E-state index in [1.54, 1.807) is 24.3 Å². The number of nitrogens with zero attached hydrogens (tertiary/aromatic N) is 2. The molecule has 5 rings (SSSR count). The lowest BCUT2D eigenvalue weighted by atomic mass is 9.94. The van der Waals surface area contributed by atoms with Crippen LogP contribution in [-0.4, -0.2) is 15.5 Å². The van der Waals surface area contributed by atoms with E-state index in [0.717, 1.165) is 22.3 Å². The van der Waals surface area contributed by atoms with Gasteiger partial charge in [0, 0.05) is 21.4 Å². The molecule has 0 radical (unpaired) electrons. The van der Waals surface area contributed by atoms with Crippen LogP contribution in [0.5, 0.6) is 0 Å². The van der Waals surface area contributed by atoms with Gasteiger partial charge in [0.25, 0.3) is 5.91 Å². The number of allylic oxidation sites excluding steroid dienone is 1. The lowest BCUT2D eigenvalue weighted by Gasteiger charge is -2.30. The Kier molecular flexibility index (Phi) is 4.93. The molecule has 0 fully saturated rings. The highest BCUT2D eigenvalue weighted by Gasteiger charge is 2.34. The number of amides is 1. The predicted octanol–water partition coefficient (Wildman–Crippen LogP) is 6.27. The molecule has 1 aromatic heterocycles. The Bertz CT molecular complexity index is 1340. The maximum Gasteiger partial charge on any atom is 0.255 e. The molecule has 0 bridgehead atoms. The van der Waals surface area contributed by atoms with Gasteiger partial charge in [-0.3, -0.25) is 9.36 Å². The van der Waals surface area contributed by atoms with Crippen LogP contribution in [0, 0.1) is 0 Å². The molecule has 1 amide bonds. The maximum absolute atomic E-state index is 13.5. The molecule has 1 atom stereocenters. The Labute approximate surface area is 189 Å². The number of halogens is 2. The number of nitrogens with one attached hydrogen (secondary N) is 2. The molecule has 2 heterocycles. The van der Waals surface area contributed by atoms with Crippen molar-refractivity contribution in [2.45, 2.75) is 13.0 Å². The summed E-state index contributed by atoms with van der Waals surface area (Å²) in [4.78, 5) is 18.2. The topological polar surface area (TPSA) is 59.0 Å². The number of aromatic nitrogens is 2. The molecule has 1 aliphatic heterocycles. The molecule has 1 unspecified atom stereocenters. The van der Waals surface area contributed by atoms with Gasteiger partial charge in [0.05, 0.1) is 22.6 Å². The van der Waals surface area contributed by atoms with Gasteiger partial charge in [-0.05, 0) is 61.0 Å². The summed E-state index contributed by atoms with van der Waals surface area (Å²) < 4.78 is 2.05. The molecule has 7 heteroatoms. The van der Waals surface area contributed by atoms with Gasteiger partial charge in [-0.15, -0.1) is 0 Å². The monoisotopic (exact) mass is 448 g/mol. The van der Waals surface area contributed by atoms with Crippen LogP contribution >= 0.6 is 23.2 Å². The molecule has 4 aromatic rings. The van der Waals surface area contributed by atoms with Crippen LogP contribution in [0.3, 0.4) is 0 Å². The normalized spacial score (nSPS) is 15.5. The molecule has 31 heavy (non-hydrogen) atoms. The Morgan fingerprint density at radius 2 is 1.77 bits per heavy atom. The average molecular weight is 449 g/mol. The van der Waals surface area contributed by atoms with E-state index in [1.807, 2.05) is 60.0 Å². The molecule has 5 nitrogen and oxygen atoms in total. The van der Waals surface area contributed by atoms with Crippen molar-refractivity contribution in [3.05, 3.63) is 99.7 Å². The number of rotatable bonds is 3. The highest BCUT2D eigenvalue weighted by atomic mass is 35.5. The first kappa shape index (κ1) is 19.7. The summed E-state index contributed by atoms with van der Waals surface area (Å²) in [5.41, 5.74) is 4.68. The van der Waals surface area contributed by atoms with Crippen molar-refractivity contribution in [3.63, 3.8) is 0 Å². The van der Waals surface area contributed by atoms with Crippen molar-refractivity contribution in [1.29, 1.82) is 0 Å². The van der Waals surface area contributed by atoms with E-state index in [1.165, 1.54) is 0 Å². The number of imidazole rings is 1. The lowest BCUT2D eigenvalue weighted by Crippen LogP contribution is -2.30. The van der Waals surface area contributed by atoms with Crippen molar-refractivity contribution in [1.82, 2.24) is 9.55 Å². The number of fused-ring (bicyclic) bond motifs is 3. The van der Waals surface area contributed by atoms with E-state index in [0.29, 0.717) is 27.3 Å². The second kappa shape index (κ2) is 7.76. The Morgan fingerprint density at radius 1 is 1.00 bits per heavy atom. The molecule has 0 aliphatic carbocycles. The van der Waals surface area contributed by atoms with Crippen LogP contribution in [0.2, 0.25) is 10.0 Å². The summed E-state index contributed by atoms with van der Waals surface area (Å²) in [7, 11) is 0. The second-order valence-corrected chi connectivity index (χ2v) is 8.25. The fourth-order valence-electron chi connectivity index (χ4n) is 3.98. The van der Waals surface area contributed by atoms with Crippen molar-refractivity contribution in [3.8, 4) is 0 Å². The molecule has 2 N–H and O–H groups in total. The van der Waals surface area contributed by atoms with Gasteiger partial charge in [0.15, 0.2) is 0 Å². The summed E-state index contributed by atoms with van der Waals surface area (Å²) in [6, 6.07) is 22.1. The molecule has 0 spiro atoms. The fourth-order valence-corrected chi connectivity index (χ4v) is 4.31. The minimum atomic E-state index is -0.394. The molecule has 0 saturated carbocycles. The summed E-state index contributed by atoms with van der Waals surface area (Å²) in [5.74, 6) is 0.479. The lowest BCUT2D eigenvalue weighted by molar-refractivity contribution is -0.113. The predicted molar refractivity (Wildman–Crippen MR) is 126 cm³/mol. The van der Waals surface area contributed by atoms with Crippen LogP contribution in [0.15, 0.2) is 84.1 Å². The van der Waals surface area contributed by atoms with E-state index in [4.69, 9.17) is 28.2 Å². The van der Waals surface area contributed by atoms with Crippen LogP contribution in [0.4, 0.5) is 11.6 Å². The minimum absolute atomic E-state index is 0.208. The van der Waals surface area contributed by atoms with Crippen molar-refractivity contribution >= 4 is 51.8 Å². The van der Waals surface area contributed by atoms with Gasteiger partial charge in [0.1, 0.15) is 0 Å². The van der Waals surface area contributed by atoms with Gasteiger partial charge >= 0.3 is 0 Å². The summed E-state index contributed by atoms with van der Waals surface area (Å²) in [6.07, 6.45) is 0. The van der Waals surface area contributed by atoms with Gasteiger partial charge in [-0.1, -0.05) is 47.5 Å². The van der Waals surface area contributed by atoms with Gasteiger partial charge in [-0.25, -0.2) is 4.98 Å². The smallest absolute Gasteiger partial charge is 0.255 e. The average Bonchev–Trinajstić information content (AvgIpc) is 3.12. The summed E-state index contributed by atoms with van der Waals surface area (Å²) >= 11 is 12.3. The SMILES string of the molecule is CC1=C(C(=O)Nc2ccc(Cl)cc2)C(c2cccc(Cl)c2)n2c(nc3ccccc32)N1. The van der Waals surface area contributed by atoms with Crippen LogP contribution in [0.1, 0.15) is 18.5 Å². The standard InChI is InChI=1S/C24H18Cl2N4O/c1-14-21(23(31)28-18-11-9-16(25)10-12-18)22(15-5-4-6-17(26)13-15)30-20-8-3-2-7-19(20)29-24(30)27-14/h2-13,22H,1H3,(H,27,29)(H,28,31). The van der Waals surface area contributed by atoms with Crippen molar-refractivity contribution < 1.29 is 4.79 Å². The van der Waals surface area contributed by atoms with Crippen molar-refractivity contribution in [2.24, 2.45) is 0 Å². The molecular weight excluding hydrogens is 431 g/mol. The number of para-hydroxylation sites is 2. The molecule has 3 aromatic carbocycles. The minimum Gasteiger partial charge on any atom is -0.329 e. The largest absolute Gasteiger partial charge is 0.329 e. The highest BCUT2D eigenvalue weighted by Crippen LogP contribution is 2.40. The van der Waals surface area contributed by atoms with Gasteiger partial charge < -0.3 is 10.6 Å². The zero-order valence-corrected chi connectivity index (χ0v) is 18.1. The first-order chi connectivity index (χ1) is 15.0. The highest BCUT2D eigenvalue weighted by molar-refractivity contribution is 6.31. The number of hydrogen-bond acceptors (Lipinski definition) is 3. The third-order valence-corrected chi connectivity index (χ3v) is 5.83. The van der Waals surface area contributed by atoms with E-state index in [2.05, 4.69) is 10.6 Å². The Hall–Kier alpha value is -3.28. The number of anilines is 2. The van der Waals surface area contributed by atoms with Crippen molar-refractivity contribution in [2.75, 3.05) is 10.6 Å². The second-order valence-electron chi connectivity index (χ2n) is 7.38. The Morgan fingerprint density at radius 3 is 2.55 bits per heavy atom. The van der Waals surface area contributed by atoms with E-state index < -0.39 is 6.04 Å². The van der Waals surface area contributed by atoms with E-state index in [9.17, 15) is 4.79 Å². The van der Waals surface area contributed by atoms with Crippen LogP contribution < -0.4 is 10.6 Å². The zero-order valence-electron chi connectivity index (χ0n) is 16.6. The number of carbonyl (C=O) groups is 1. The van der Waals surface area contributed by atoms with Gasteiger partial charge in [-0.2, -0.15) is 0 Å². The molecular formula is C24H18Cl2N4O. The number of hydrogen-bond donors (Lipinski definition) is 2. The zero-order chi connectivity index (χ0) is 21.5. The van der Waals surface area contributed by atoms with E-state index in [-0.39, 0.29) is 5.91 Å². The number of carbonyl (C=O) groups excluding carboxylic acids is 1. The molecule has 1 aliphatic rings. The third-order valence-electron chi connectivity index (χ3n) is 5.34. The molecule has 154 valence electrons. The van der Waals surface area contributed by atoms with E-state index >= 15 is 0 Å². The van der Waals surface area contributed by atoms with Gasteiger partial charge in [0.2, 0.25) is 5.95 Å². The summed E-state index contributed by atoms with van der Waals surface area (Å²) in [5, 5.41) is 7.52. The van der Waals surface area contributed by atoms with Crippen LogP contribution in [-0.2, 0) is 4.79 Å². The third kappa shape index (κ3) is 3.56. The first-order valence-corrected chi connectivity index (χ1v) is 10.5. The Balaban J connectivity index is 1.66. The first-order valence-electron chi connectivity index (χ1n) is 9.78. The fraction of sp³-hybridized carbons (Fsp3) is 0.0833. The maximum atomic E-state index is 13.5. The quantitative estimate of drug-likeness (QED) is 0.388. The summed E-state index contributed by atoms with van der Waals surface area (Å²) in [6.45, 7) is 1.89.